The molecule has 8 atom stereocenters. The van der Waals surface area contributed by atoms with E-state index in [0.29, 0.717) is 0 Å². The molecule has 6 nitrogen and oxygen atoms in total. The first-order valence-corrected chi connectivity index (χ1v) is 7.24. The van der Waals surface area contributed by atoms with Crippen LogP contribution >= 0.6 is 0 Å². The lowest BCUT2D eigenvalue weighted by Gasteiger charge is -2.88. The van der Waals surface area contributed by atoms with Crippen LogP contribution in [0.4, 0.5) is 0 Å². The fraction of sp³-hybridized carbons (Fsp3) is 0.667. The van der Waals surface area contributed by atoms with E-state index in [9.17, 15) is 14.4 Å². The molecule has 1 saturated heterocycles. The summed E-state index contributed by atoms with van der Waals surface area (Å²) in [4.78, 5) is 36.9. The number of ether oxygens (including phenoxy) is 2. The highest BCUT2D eigenvalue weighted by molar-refractivity contribution is 6.01. The van der Waals surface area contributed by atoms with Gasteiger partial charge in [0.2, 0.25) is 5.91 Å². The number of rotatable bonds is 2. The Morgan fingerprint density at radius 1 is 1.05 bits per heavy atom. The number of amides is 1. The highest BCUT2D eigenvalue weighted by Crippen LogP contribution is 2.90. The van der Waals surface area contributed by atoms with Gasteiger partial charge < -0.3 is 14.8 Å². The molecule has 0 radical (unpaired) electrons. The van der Waals surface area contributed by atoms with Crippen LogP contribution in [0.1, 0.15) is 0 Å². The van der Waals surface area contributed by atoms with Gasteiger partial charge in [-0.15, -0.1) is 0 Å². The molecule has 5 rings (SSSR count). The highest BCUT2D eigenvalue weighted by atomic mass is 16.5. The standard InChI is InChI=1S/C15H15NO5/c1-20-12(18)14-5-3-4-6(5)15(14,13(19)21-2)9-8(14)7-10(9)16-11(7)17/h3-10H,1-2H3,(H,16,17)/t5-,6+,7+,8+,9+,10+,14-,15+/m1/s1. The van der Waals surface area contributed by atoms with Crippen molar-refractivity contribution in [3.05, 3.63) is 12.2 Å². The van der Waals surface area contributed by atoms with E-state index in [4.69, 9.17) is 9.47 Å². The van der Waals surface area contributed by atoms with Crippen LogP contribution in [0.2, 0.25) is 0 Å². The Balaban J connectivity index is 1.68. The second kappa shape index (κ2) is 3.00. The number of piperidine rings is 1. The fourth-order valence-corrected chi connectivity index (χ4v) is 6.33. The molecule has 5 aliphatic rings. The summed E-state index contributed by atoms with van der Waals surface area (Å²) in [6.45, 7) is 0. The van der Waals surface area contributed by atoms with E-state index in [1.54, 1.807) is 0 Å². The van der Waals surface area contributed by atoms with Gasteiger partial charge in [-0.1, -0.05) is 12.2 Å². The Morgan fingerprint density at radius 2 is 1.57 bits per heavy atom. The summed E-state index contributed by atoms with van der Waals surface area (Å²) < 4.78 is 10.1. The zero-order chi connectivity index (χ0) is 14.7. The van der Waals surface area contributed by atoms with Crippen LogP contribution in [0.15, 0.2) is 12.2 Å². The minimum atomic E-state index is -0.877. The molecule has 1 heterocycles. The summed E-state index contributed by atoms with van der Waals surface area (Å²) in [5.74, 6) is -0.843. The van der Waals surface area contributed by atoms with E-state index in [1.807, 2.05) is 12.2 Å². The van der Waals surface area contributed by atoms with E-state index in [-0.39, 0.29) is 53.5 Å². The number of esters is 2. The van der Waals surface area contributed by atoms with E-state index >= 15 is 0 Å². The molecule has 0 spiro atoms. The molecular formula is C15H15NO5. The smallest absolute Gasteiger partial charge is 0.314 e. The SMILES string of the molecule is COC(=O)[C@@]12[C@H]3[C@@H]4C(=O)N[C@@H]4[C@H]3[C@]1(C(=O)OC)[C@H]1C=C[C@H]12. The number of allylic oxidation sites excluding steroid dienone is 2. The van der Waals surface area contributed by atoms with Gasteiger partial charge in [0.15, 0.2) is 0 Å². The van der Waals surface area contributed by atoms with Gasteiger partial charge in [0, 0.05) is 23.8 Å². The van der Waals surface area contributed by atoms with Crippen LogP contribution in [0.5, 0.6) is 0 Å². The first-order chi connectivity index (χ1) is 10.1. The number of hydrogen-bond donors (Lipinski definition) is 1. The first kappa shape index (κ1) is 11.8. The topological polar surface area (TPSA) is 81.7 Å². The van der Waals surface area contributed by atoms with Crippen molar-refractivity contribution in [2.24, 2.45) is 40.4 Å². The zero-order valence-corrected chi connectivity index (χ0v) is 11.7. The van der Waals surface area contributed by atoms with Gasteiger partial charge in [0.05, 0.1) is 31.0 Å². The Kier molecular flexibility index (Phi) is 1.68. The van der Waals surface area contributed by atoms with Gasteiger partial charge in [-0.05, 0) is 5.92 Å². The lowest BCUT2D eigenvalue weighted by atomic mass is 9.12. The molecule has 0 bridgehead atoms. The summed E-state index contributed by atoms with van der Waals surface area (Å²) in [6.07, 6.45) is 3.97. The van der Waals surface area contributed by atoms with Gasteiger partial charge in [-0.3, -0.25) is 14.4 Å². The van der Waals surface area contributed by atoms with Gasteiger partial charge in [0.25, 0.3) is 0 Å². The molecule has 1 amide bonds. The summed E-state index contributed by atoms with van der Waals surface area (Å²) >= 11 is 0. The number of β-lactam (4-membered cyclic amide) rings is 1. The third kappa shape index (κ3) is 0.737. The number of nitrogens with one attached hydrogen (secondary N) is 1. The van der Waals surface area contributed by atoms with Crippen LogP contribution in [0.25, 0.3) is 0 Å². The molecule has 0 aromatic rings. The van der Waals surface area contributed by atoms with Crippen molar-refractivity contribution >= 4 is 17.8 Å². The Bertz CT molecular complexity index is 656. The van der Waals surface area contributed by atoms with Crippen molar-refractivity contribution in [3.63, 3.8) is 0 Å². The Labute approximate surface area is 120 Å². The molecule has 21 heavy (non-hydrogen) atoms. The molecule has 1 N–H and O–H groups in total. The lowest BCUT2D eigenvalue weighted by molar-refractivity contribution is -0.390. The second-order valence-electron chi connectivity index (χ2n) is 6.77. The van der Waals surface area contributed by atoms with Crippen molar-refractivity contribution in [1.82, 2.24) is 5.32 Å². The fourth-order valence-electron chi connectivity index (χ4n) is 6.33. The molecule has 1 aliphatic heterocycles. The van der Waals surface area contributed by atoms with Crippen LogP contribution in [-0.2, 0) is 23.9 Å². The highest BCUT2D eigenvalue weighted by Gasteiger charge is 2.99. The number of methoxy groups -OCH3 is 2. The molecule has 6 heteroatoms. The molecule has 110 valence electrons. The Hall–Kier alpha value is -1.85. The zero-order valence-electron chi connectivity index (χ0n) is 11.7. The summed E-state index contributed by atoms with van der Waals surface area (Å²) in [5, 5.41) is 2.87. The van der Waals surface area contributed by atoms with Crippen LogP contribution in [0.3, 0.4) is 0 Å². The van der Waals surface area contributed by atoms with Crippen molar-refractivity contribution in [2.45, 2.75) is 6.04 Å². The quantitative estimate of drug-likeness (QED) is 0.321. The van der Waals surface area contributed by atoms with E-state index in [0.717, 1.165) is 0 Å². The number of carbonyl (C=O) groups excluding carboxylic acids is 3. The normalized spacial score (nSPS) is 56.2. The third-order valence-electron chi connectivity index (χ3n) is 6.91. The van der Waals surface area contributed by atoms with Crippen LogP contribution < -0.4 is 5.32 Å². The summed E-state index contributed by atoms with van der Waals surface area (Å²) in [6, 6.07) is 0.0225. The van der Waals surface area contributed by atoms with Crippen molar-refractivity contribution in [1.29, 1.82) is 0 Å². The maximum Gasteiger partial charge on any atom is 0.314 e. The molecule has 3 saturated carbocycles. The predicted molar refractivity (Wildman–Crippen MR) is 67.4 cm³/mol. The molecule has 0 aromatic carbocycles. The summed E-state index contributed by atoms with van der Waals surface area (Å²) in [7, 11) is 2.71. The van der Waals surface area contributed by atoms with E-state index < -0.39 is 10.8 Å². The predicted octanol–water partition coefficient (Wildman–Crippen LogP) is -0.505. The monoisotopic (exact) mass is 289 g/mol. The molecular weight excluding hydrogens is 274 g/mol. The largest absolute Gasteiger partial charge is 0.469 e. The van der Waals surface area contributed by atoms with E-state index in [2.05, 4.69) is 5.32 Å². The second-order valence-corrected chi connectivity index (χ2v) is 6.77. The van der Waals surface area contributed by atoms with Crippen LogP contribution in [0, 0.1) is 40.4 Å². The number of carbonyl (C=O) groups is 3. The van der Waals surface area contributed by atoms with Gasteiger partial charge >= 0.3 is 11.9 Å². The number of fused-ring (bicyclic) bond motifs is 10. The average molecular weight is 289 g/mol. The minimum Gasteiger partial charge on any atom is -0.469 e. The maximum absolute atomic E-state index is 12.6. The van der Waals surface area contributed by atoms with Gasteiger partial charge in [-0.25, -0.2) is 0 Å². The third-order valence-corrected chi connectivity index (χ3v) is 6.91. The van der Waals surface area contributed by atoms with Crippen molar-refractivity contribution in [2.75, 3.05) is 14.2 Å². The van der Waals surface area contributed by atoms with Gasteiger partial charge in [-0.2, -0.15) is 0 Å². The van der Waals surface area contributed by atoms with Crippen LogP contribution in [-0.4, -0.2) is 38.1 Å². The van der Waals surface area contributed by atoms with E-state index in [1.165, 1.54) is 14.2 Å². The lowest BCUT2D eigenvalue weighted by Crippen LogP contribution is -2.99. The number of hydrogen-bond acceptors (Lipinski definition) is 5. The first-order valence-electron chi connectivity index (χ1n) is 7.24. The van der Waals surface area contributed by atoms with Gasteiger partial charge in [0.1, 0.15) is 0 Å². The minimum absolute atomic E-state index is 0.00486. The maximum atomic E-state index is 12.6. The van der Waals surface area contributed by atoms with Crippen molar-refractivity contribution in [3.8, 4) is 0 Å². The molecule has 4 fully saturated rings. The molecule has 0 unspecified atom stereocenters. The summed E-state index contributed by atoms with van der Waals surface area (Å²) in [5.41, 5.74) is -1.70. The van der Waals surface area contributed by atoms with Crippen molar-refractivity contribution < 1.29 is 23.9 Å². The Morgan fingerprint density at radius 3 is 2.00 bits per heavy atom. The molecule has 4 aliphatic carbocycles. The average Bonchev–Trinajstić information content (AvgIpc) is 2.44. The molecule has 0 aromatic heterocycles.